The Morgan fingerprint density at radius 2 is 1.57 bits per heavy atom. The zero-order chi connectivity index (χ0) is 21.0. The van der Waals surface area contributed by atoms with Crippen LogP contribution in [0.2, 0.25) is 0 Å². The van der Waals surface area contributed by atoms with Crippen molar-refractivity contribution in [1.29, 1.82) is 0 Å². The number of halogens is 1. The molecule has 0 aromatic heterocycles. The number of hydrogen-bond donors (Lipinski definition) is 3. The number of nitrogen functional groups attached to an aromatic ring is 1. The monoisotopic (exact) mass is 385 g/mol. The first kappa shape index (κ1) is 20.1. The molecule has 0 saturated heterocycles. The van der Waals surface area contributed by atoms with Crippen molar-refractivity contribution in [1.82, 2.24) is 0 Å². The first-order valence-electron chi connectivity index (χ1n) is 9.38. The molecule has 150 valence electrons. The molecule has 0 spiro atoms. The highest BCUT2D eigenvalue weighted by Crippen LogP contribution is 2.48. The second-order valence-electron chi connectivity index (χ2n) is 9.02. The zero-order valence-corrected chi connectivity index (χ0v) is 17.1. The van der Waals surface area contributed by atoms with Gasteiger partial charge in [-0.1, -0.05) is 33.8 Å². The van der Waals surface area contributed by atoms with Crippen molar-refractivity contribution < 1.29 is 14.3 Å². The number of carboxylic acid groups (broad SMARTS) is 1. The summed E-state index contributed by atoms with van der Waals surface area (Å²) >= 11 is 0. The molecule has 0 amide bonds. The van der Waals surface area contributed by atoms with Gasteiger partial charge in [-0.3, -0.25) is 5.01 Å². The fourth-order valence-electron chi connectivity index (χ4n) is 4.05. The van der Waals surface area contributed by atoms with Crippen LogP contribution < -0.4 is 16.6 Å². The third kappa shape index (κ3) is 3.22. The molecule has 0 heterocycles. The topological polar surface area (TPSA) is 92.6 Å². The van der Waals surface area contributed by atoms with Gasteiger partial charge in [-0.2, -0.15) is 0 Å². The van der Waals surface area contributed by atoms with E-state index >= 15 is 0 Å². The molecule has 0 bridgehead atoms. The second-order valence-corrected chi connectivity index (χ2v) is 9.02. The Hall–Kier alpha value is -2.60. The Balaban J connectivity index is 2.15. The minimum absolute atomic E-state index is 0.00188. The fraction of sp³-hybridized carbons (Fsp3) is 0.409. The Morgan fingerprint density at radius 1 is 1.04 bits per heavy atom. The maximum Gasteiger partial charge on any atom is 0.338 e. The predicted octanol–water partition coefficient (Wildman–Crippen LogP) is 4.78. The molecule has 2 aromatic carbocycles. The fourth-order valence-corrected chi connectivity index (χ4v) is 4.05. The molecule has 0 unspecified atom stereocenters. The molecule has 5 nitrogen and oxygen atoms in total. The van der Waals surface area contributed by atoms with E-state index < -0.39 is 17.3 Å². The summed E-state index contributed by atoms with van der Waals surface area (Å²) in [5.41, 5.74) is 10.1. The lowest BCUT2D eigenvalue weighted by Crippen LogP contribution is -2.35. The molecular weight excluding hydrogens is 357 g/mol. The number of rotatable bonds is 3. The molecule has 6 heteroatoms. The molecule has 0 fully saturated rings. The molecule has 2 aromatic rings. The van der Waals surface area contributed by atoms with Gasteiger partial charge in [-0.25, -0.2) is 15.0 Å². The SMILES string of the molecule is Cc1cc2c(cc1N(N)c1cc(F)c(C(=O)O)cc1N)C(C)(C)CCC2(C)C. The lowest BCUT2D eigenvalue weighted by atomic mass is 9.63. The summed E-state index contributed by atoms with van der Waals surface area (Å²) in [4.78, 5) is 11.1. The maximum atomic E-state index is 14.2. The molecule has 0 aliphatic heterocycles. The van der Waals surface area contributed by atoms with Crippen LogP contribution >= 0.6 is 0 Å². The summed E-state index contributed by atoms with van der Waals surface area (Å²) in [6, 6.07) is 6.40. The summed E-state index contributed by atoms with van der Waals surface area (Å²) in [5, 5.41) is 10.4. The van der Waals surface area contributed by atoms with Gasteiger partial charge in [-0.15, -0.1) is 0 Å². The van der Waals surface area contributed by atoms with Crippen LogP contribution in [0.3, 0.4) is 0 Å². The Morgan fingerprint density at radius 3 is 2.11 bits per heavy atom. The van der Waals surface area contributed by atoms with Gasteiger partial charge in [0.2, 0.25) is 0 Å². The zero-order valence-electron chi connectivity index (χ0n) is 17.1. The van der Waals surface area contributed by atoms with Crippen LogP contribution in [0.5, 0.6) is 0 Å². The quantitative estimate of drug-likeness (QED) is 0.402. The van der Waals surface area contributed by atoms with Crippen molar-refractivity contribution in [2.75, 3.05) is 10.7 Å². The molecule has 28 heavy (non-hydrogen) atoms. The third-order valence-corrected chi connectivity index (χ3v) is 6.04. The number of benzene rings is 2. The Kier molecular flexibility index (Phi) is 4.66. The van der Waals surface area contributed by atoms with Crippen LogP contribution in [0.15, 0.2) is 24.3 Å². The van der Waals surface area contributed by atoms with Crippen molar-refractivity contribution in [3.8, 4) is 0 Å². The minimum Gasteiger partial charge on any atom is -0.478 e. The van der Waals surface area contributed by atoms with Gasteiger partial charge < -0.3 is 10.8 Å². The van der Waals surface area contributed by atoms with E-state index in [9.17, 15) is 9.18 Å². The van der Waals surface area contributed by atoms with E-state index in [2.05, 4.69) is 39.8 Å². The molecule has 1 aliphatic carbocycles. The molecular formula is C22H28FN3O2. The smallest absolute Gasteiger partial charge is 0.338 e. The molecule has 0 atom stereocenters. The van der Waals surface area contributed by atoms with Gasteiger partial charge >= 0.3 is 5.97 Å². The number of carboxylic acids is 1. The van der Waals surface area contributed by atoms with Crippen LogP contribution in [-0.4, -0.2) is 11.1 Å². The number of anilines is 3. The number of hydrogen-bond acceptors (Lipinski definition) is 4. The van der Waals surface area contributed by atoms with E-state index in [1.54, 1.807) is 0 Å². The lowest BCUT2D eigenvalue weighted by molar-refractivity contribution is 0.0692. The Labute approximate surface area is 165 Å². The van der Waals surface area contributed by atoms with Crippen molar-refractivity contribution in [3.63, 3.8) is 0 Å². The van der Waals surface area contributed by atoms with Crippen LogP contribution in [0.25, 0.3) is 0 Å². The van der Waals surface area contributed by atoms with Gasteiger partial charge in [0, 0.05) is 6.07 Å². The highest BCUT2D eigenvalue weighted by Gasteiger charge is 2.37. The van der Waals surface area contributed by atoms with Gasteiger partial charge in [0.05, 0.1) is 22.6 Å². The van der Waals surface area contributed by atoms with E-state index in [1.165, 1.54) is 16.1 Å². The standard InChI is InChI=1S/C22H28FN3O2/c1-12-8-14-15(22(4,5)7-6-21(14,2)3)10-18(12)26(25)19-11-16(23)13(20(27)28)9-17(19)24/h8-11H,6-7,24-25H2,1-5H3,(H,27,28). The predicted molar refractivity (Wildman–Crippen MR) is 111 cm³/mol. The molecule has 0 saturated carbocycles. The van der Waals surface area contributed by atoms with Crippen LogP contribution in [0.4, 0.5) is 21.5 Å². The number of hydrazine groups is 1. The highest BCUT2D eigenvalue weighted by atomic mass is 19.1. The van der Waals surface area contributed by atoms with Gasteiger partial charge in [0.25, 0.3) is 0 Å². The van der Waals surface area contributed by atoms with E-state index in [4.69, 9.17) is 16.7 Å². The normalized spacial score (nSPS) is 17.1. The van der Waals surface area contributed by atoms with Crippen molar-refractivity contribution in [2.24, 2.45) is 5.84 Å². The maximum absolute atomic E-state index is 14.2. The molecule has 3 rings (SSSR count). The Bertz CT molecular complexity index is 967. The average molecular weight is 385 g/mol. The average Bonchev–Trinajstić information content (AvgIpc) is 2.59. The number of aromatic carboxylic acids is 1. The summed E-state index contributed by atoms with van der Waals surface area (Å²) in [7, 11) is 0. The van der Waals surface area contributed by atoms with Crippen LogP contribution in [-0.2, 0) is 10.8 Å². The molecule has 1 aliphatic rings. The van der Waals surface area contributed by atoms with Crippen LogP contribution in [0.1, 0.15) is 67.6 Å². The third-order valence-electron chi connectivity index (χ3n) is 6.04. The van der Waals surface area contributed by atoms with E-state index in [-0.39, 0.29) is 22.2 Å². The van der Waals surface area contributed by atoms with E-state index in [0.29, 0.717) is 0 Å². The van der Waals surface area contributed by atoms with Gasteiger partial charge in [0.1, 0.15) is 5.82 Å². The first-order valence-corrected chi connectivity index (χ1v) is 9.38. The van der Waals surface area contributed by atoms with Crippen molar-refractivity contribution in [2.45, 2.75) is 58.3 Å². The highest BCUT2D eigenvalue weighted by molar-refractivity contribution is 5.91. The number of nitrogens with zero attached hydrogens (tertiary/aromatic N) is 1. The summed E-state index contributed by atoms with van der Waals surface area (Å²) in [6.45, 7) is 10.9. The largest absolute Gasteiger partial charge is 0.478 e. The number of fused-ring (bicyclic) bond motifs is 1. The summed E-state index contributed by atoms with van der Waals surface area (Å²) in [5.74, 6) is 4.10. The van der Waals surface area contributed by atoms with Crippen molar-refractivity contribution >= 4 is 23.0 Å². The van der Waals surface area contributed by atoms with E-state index in [1.807, 2.05) is 6.92 Å². The first-order chi connectivity index (χ1) is 12.8. The lowest BCUT2D eigenvalue weighted by Gasteiger charge is -2.42. The number of carbonyl (C=O) groups is 1. The summed E-state index contributed by atoms with van der Waals surface area (Å²) < 4.78 is 14.2. The molecule has 0 radical (unpaired) electrons. The van der Waals surface area contributed by atoms with Gasteiger partial charge in [-0.05, 0) is 59.4 Å². The summed E-state index contributed by atoms with van der Waals surface area (Å²) in [6.07, 6.45) is 2.16. The van der Waals surface area contributed by atoms with Crippen LogP contribution in [0, 0.1) is 12.7 Å². The second kappa shape index (κ2) is 6.48. The van der Waals surface area contributed by atoms with Crippen molar-refractivity contribution in [3.05, 3.63) is 52.3 Å². The minimum atomic E-state index is -1.37. The molecule has 5 N–H and O–H groups in total. The number of nitrogens with two attached hydrogens (primary N) is 2. The van der Waals surface area contributed by atoms with Gasteiger partial charge in [0.15, 0.2) is 0 Å². The van der Waals surface area contributed by atoms with E-state index in [0.717, 1.165) is 36.2 Å². The number of aryl methyl sites for hydroxylation is 1.